The van der Waals surface area contributed by atoms with Crippen LogP contribution in [0.3, 0.4) is 0 Å². The van der Waals surface area contributed by atoms with Crippen LogP contribution in [0, 0.1) is 0 Å². The summed E-state index contributed by atoms with van der Waals surface area (Å²) in [5.41, 5.74) is 6.81. The molecule has 0 radical (unpaired) electrons. The molecular weight excluding hydrogens is 366 g/mol. The van der Waals surface area contributed by atoms with Gasteiger partial charge in [0, 0.05) is 6.04 Å². The second kappa shape index (κ2) is 7.11. The number of hydrogen-bond donors (Lipinski definition) is 1. The van der Waals surface area contributed by atoms with Crippen LogP contribution < -0.4 is 10.5 Å². The first kappa shape index (κ1) is 15.5. The standard InChI is InChI=1S/C12H15Br2NO3/c1-3-18-11(16)6-10(15)7-4-8(13)12(17-2)9(14)5-7/h4-5,10H,3,6,15H2,1-2H3. The summed E-state index contributed by atoms with van der Waals surface area (Å²) in [4.78, 5) is 11.4. The molecule has 0 aliphatic rings. The van der Waals surface area contributed by atoms with Gasteiger partial charge < -0.3 is 15.2 Å². The van der Waals surface area contributed by atoms with Crippen molar-refractivity contribution in [2.45, 2.75) is 19.4 Å². The normalized spacial score (nSPS) is 12.1. The van der Waals surface area contributed by atoms with E-state index in [4.69, 9.17) is 15.2 Å². The zero-order valence-corrected chi connectivity index (χ0v) is 13.4. The first-order chi connectivity index (χ1) is 8.49. The number of carbonyl (C=O) groups excluding carboxylic acids is 1. The molecule has 0 fully saturated rings. The van der Waals surface area contributed by atoms with E-state index in [1.807, 2.05) is 12.1 Å². The van der Waals surface area contributed by atoms with Crippen LogP contribution in [0.15, 0.2) is 21.1 Å². The fourth-order valence-electron chi connectivity index (χ4n) is 1.51. The number of carbonyl (C=O) groups is 1. The van der Waals surface area contributed by atoms with Gasteiger partial charge in [0.15, 0.2) is 0 Å². The number of esters is 1. The van der Waals surface area contributed by atoms with Crippen LogP contribution in [-0.4, -0.2) is 19.7 Å². The number of hydrogen-bond acceptors (Lipinski definition) is 4. The summed E-state index contributed by atoms with van der Waals surface area (Å²) >= 11 is 6.79. The van der Waals surface area contributed by atoms with E-state index < -0.39 is 6.04 Å². The van der Waals surface area contributed by atoms with Gasteiger partial charge in [-0.1, -0.05) is 0 Å². The summed E-state index contributed by atoms with van der Waals surface area (Å²) in [5.74, 6) is 0.398. The van der Waals surface area contributed by atoms with E-state index in [1.54, 1.807) is 14.0 Å². The molecule has 1 rings (SSSR count). The number of nitrogens with two attached hydrogens (primary N) is 1. The van der Waals surface area contributed by atoms with Crippen LogP contribution in [-0.2, 0) is 9.53 Å². The Kier molecular flexibility index (Phi) is 6.11. The molecule has 0 spiro atoms. The van der Waals surface area contributed by atoms with E-state index in [-0.39, 0.29) is 12.4 Å². The van der Waals surface area contributed by atoms with E-state index in [0.29, 0.717) is 12.4 Å². The minimum Gasteiger partial charge on any atom is -0.494 e. The second-order valence-electron chi connectivity index (χ2n) is 3.63. The highest BCUT2D eigenvalue weighted by molar-refractivity contribution is 9.11. The van der Waals surface area contributed by atoms with Gasteiger partial charge in [0.1, 0.15) is 5.75 Å². The van der Waals surface area contributed by atoms with Crippen LogP contribution in [0.2, 0.25) is 0 Å². The summed E-state index contributed by atoms with van der Waals surface area (Å²) < 4.78 is 11.6. The molecule has 0 saturated carbocycles. The minimum atomic E-state index is -0.400. The van der Waals surface area contributed by atoms with Gasteiger partial charge in [-0.25, -0.2) is 0 Å². The molecular formula is C12H15Br2NO3. The van der Waals surface area contributed by atoms with Crippen molar-refractivity contribution in [3.8, 4) is 5.75 Å². The predicted molar refractivity (Wildman–Crippen MR) is 76.6 cm³/mol. The molecule has 18 heavy (non-hydrogen) atoms. The molecule has 0 aromatic heterocycles. The lowest BCUT2D eigenvalue weighted by atomic mass is 10.0. The monoisotopic (exact) mass is 379 g/mol. The molecule has 2 N–H and O–H groups in total. The van der Waals surface area contributed by atoms with Crippen molar-refractivity contribution in [1.29, 1.82) is 0 Å². The molecule has 0 amide bonds. The summed E-state index contributed by atoms with van der Waals surface area (Å²) in [5, 5.41) is 0. The van der Waals surface area contributed by atoms with Gasteiger partial charge >= 0.3 is 5.97 Å². The van der Waals surface area contributed by atoms with E-state index in [9.17, 15) is 4.79 Å². The summed E-state index contributed by atoms with van der Waals surface area (Å²) in [6, 6.07) is 3.28. The maximum atomic E-state index is 11.4. The maximum Gasteiger partial charge on any atom is 0.307 e. The molecule has 1 aromatic rings. The molecule has 1 atom stereocenters. The van der Waals surface area contributed by atoms with Crippen molar-refractivity contribution in [2.75, 3.05) is 13.7 Å². The largest absolute Gasteiger partial charge is 0.494 e. The van der Waals surface area contributed by atoms with Crippen molar-refractivity contribution in [3.63, 3.8) is 0 Å². The molecule has 6 heteroatoms. The molecule has 0 heterocycles. The van der Waals surface area contributed by atoms with Crippen molar-refractivity contribution >= 4 is 37.8 Å². The number of benzene rings is 1. The van der Waals surface area contributed by atoms with Gasteiger partial charge in [0.2, 0.25) is 0 Å². The van der Waals surface area contributed by atoms with Crippen LogP contribution in [0.5, 0.6) is 5.75 Å². The lowest BCUT2D eigenvalue weighted by Crippen LogP contribution is -2.17. The fourth-order valence-corrected chi connectivity index (χ4v) is 3.05. The summed E-state index contributed by atoms with van der Waals surface area (Å²) in [7, 11) is 1.59. The van der Waals surface area contributed by atoms with E-state index in [2.05, 4.69) is 31.9 Å². The third-order valence-corrected chi connectivity index (χ3v) is 3.52. The Morgan fingerprint density at radius 2 is 1.94 bits per heavy atom. The highest BCUT2D eigenvalue weighted by Gasteiger charge is 2.16. The number of methoxy groups -OCH3 is 1. The van der Waals surface area contributed by atoms with Crippen LogP contribution in [0.4, 0.5) is 0 Å². The van der Waals surface area contributed by atoms with Crippen molar-refractivity contribution in [2.24, 2.45) is 5.73 Å². The lowest BCUT2D eigenvalue weighted by Gasteiger charge is -2.14. The Morgan fingerprint density at radius 3 is 2.39 bits per heavy atom. The van der Waals surface area contributed by atoms with Crippen molar-refractivity contribution in [3.05, 3.63) is 26.6 Å². The smallest absolute Gasteiger partial charge is 0.307 e. The Balaban J connectivity index is 2.87. The molecule has 0 aliphatic carbocycles. The van der Waals surface area contributed by atoms with Gasteiger partial charge in [-0.15, -0.1) is 0 Å². The maximum absolute atomic E-state index is 11.4. The Morgan fingerprint density at radius 1 is 1.39 bits per heavy atom. The molecule has 1 aromatic carbocycles. The average molecular weight is 381 g/mol. The quantitative estimate of drug-likeness (QED) is 0.797. The molecule has 0 bridgehead atoms. The Labute approximate surface area is 123 Å². The first-order valence-electron chi connectivity index (χ1n) is 5.43. The molecule has 0 saturated heterocycles. The summed E-state index contributed by atoms with van der Waals surface area (Å²) in [6.07, 6.45) is 0.152. The predicted octanol–water partition coefficient (Wildman–Crippen LogP) is 3.17. The zero-order chi connectivity index (χ0) is 13.7. The van der Waals surface area contributed by atoms with Gasteiger partial charge in [-0.2, -0.15) is 0 Å². The first-order valence-corrected chi connectivity index (χ1v) is 7.02. The fraction of sp³-hybridized carbons (Fsp3) is 0.417. The molecule has 0 aliphatic heterocycles. The van der Waals surface area contributed by atoms with Crippen LogP contribution in [0.1, 0.15) is 24.9 Å². The number of halogens is 2. The topological polar surface area (TPSA) is 61.5 Å². The van der Waals surface area contributed by atoms with Gasteiger partial charge in [0.05, 0.1) is 29.1 Å². The highest BCUT2D eigenvalue weighted by Crippen LogP contribution is 2.36. The molecule has 100 valence electrons. The van der Waals surface area contributed by atoms with Gasteiger partial charge in [-0.3, -0.25) is 4.79 Å². The van der Waals surface area contributed by atoms with E-state index in [0.717, 1.165) is 14.5 Å². The summed E-state index contributed by atoms with van der Waals surface area (Å²) in [6.45, 7) is 2.13. The third-order valence-electron chi connectivity index (χ3n) is 2.34. The average Bonchev–Trinajstić information content (AvgIpc) is 2.28. The SMILES string of the molecule is CCOC(=O)CC(N)c1cc(Br)c(OC)c(Br)c1. The van der Waals surface area contributed by atoms with Crippen LogP contribution >= 0.6 is 31.9 Å². The lowest BCUT2D eigenvalue weighted by molar-refractivity contribution is -0.143. The third kappa shape index (κ3) is 3.96. The Hall–Kier alpha value is -0.590. The van der Waals surface area contributed by atoms with E-state index >= 15 is 0 Å². The Bertz CT molecular complexity index is 414. The second-order valence-corrected chi connectivity index (χ2v) is 5.34. The van der Waals surface area contributed by atoms with Gasteiger partial charge in [0.25, 0.3) is 0 Å². The van der Waals surface area contributed by atoms with Crippen molar-refractivity contribution in [1.82, 2.24) is 0 Å². The molecule has 4 nitrogen and oxygen atoms in total. The number of ether oxygens (including phenoxy) is 2. The van der Waals surface area contributed by atoms with Crippen molar-refractivity contribution < 1.29 is 14.3 Å². The van der Waals surface area contributed by atoms with E-state index in [1.165, 1.54) is 0 Å². The van der Waals surface area contributed by atoms with Crippen LogP contribution in [0.25, 0.3) is 0 Å². The number of rotatable bonds is 5. The zero-order valence-electron chi connectivity index (χ0n) is 10.2. The van der Waals surface area contributed by atoms with Gasteiger partial charge in [-0.05, 0) is 56.5 Å². The highest BCUT2D eigenvalue weighted by atomic mass is 79.9. The molecule has 1 unspecified atom stereocenters. The minimum absolute atomic E-state index is 0.152.